The second-order valence-electron chi connectivity index (χ2n) is 4.71. The van der Waals surface area contributed by atoms with E-state index < -0.39 is 12.0 Å². The Labute approximate surface area is 110 Å². The molecule has 1 aromatic rings. The SMILES string of the molecule is CC(=O)c1c[nH]c(C(=O)N2CCCC[C@H]2C(=O)O)c1. The molecule has 0 spiro atoms. The number of aromatic nitrogens is 1. The summed E-state index contributed by atoms with van der Waals surface area (Å²) in [5.41, 5.74) is 0.686. The first-order valence-electron chi connectivity index (χ1n) is 6.24. The summed E-state index contributed by atoms with van der Waals surface area (Å²) in [6, 6.07) is 0.698. The highest BCUT2D eigenvalue weighted by molar-refractivity contribution is 6.00. The smallest absolute Gasteiger partial charge is 0.326 e. The normalized spacial score (nSPS) is 19.2. The highest BCUT2D eigenvalue weighted by Crippen LogP contribution is 2.20. The second-order valence-corrected chi connectivity index (χ2v) is 4.71. The highest BCUT2D eigenvalue weighted by atomic mass is 16.4. The van der Waals surface area contributed by atoms with Crippen molar-refractivity contribution in [3.8, 4) is 0 Å². The van der Waals surface area contributed by atoms with Crippen molar-refractivity contribution in [2.45, 2.75) is 32.2 Å². The lowest BCUT2D eigenvalue weighted by Gasteiger charge is -2.32. The zero-order valence-corrected chi connectivity index (χ0v) is 10.7. The summed E-state index contributed by atoms with van der Waals surface area (Å²) in [5.74, 6) is -1.48. The third-order valence-electron chi connectivity index (χ3n) is 3.37. The molecule has 2 N–H and O–H groups in total. The van der Waals surface area contributed by atoms with Gasteiger partial charge in [0.1, 0.15) is 11.7 Å². The fraction of sp³-hybridized carbons (Fsp3) is 0.462. The molecule has 1 aromatic heterocycles. The number of ketones is 1. The van der Waals surface area contributed by atoms with Crippen LogP contribution in [0.15, 0.2) is 12.3 Å². The van der Waals surface area contributed by atoms with E-state index in [1.165, 1.54) is 24.1 Å². The average Bonchev–Trinajstić information content (AvgIpc) is 2.87. The number of carbonyl (C=O) groups excluding carboxylic acids is 2. The van der Waals surface area contributed by atoms with E-state index in [1.807, 2.05) is 0 Å². The van der Waals surface area contributed by atoms with Gasteiger partial charge in [-0.2, -0.15) is 0 Å². The Balaban J connectivity index is 2.21. The van der Waals surface area contributed by atoms with Gasteiger partial charge in [-0.1, -0.05) is 0 Å². The molecule has 102 valence electrons. The average molecular weight is 264 g/mol. The summed E-state index contributed by atoms with van der Waals surface area (Å²) >= 11 is 0. The maximum atomic E-state index is 12.3. The number of nitrogens with one attached hydrogen (secondary N) is 1. The van der Waals surface area contributed by atoms with E-state index in [1.54, 1.807) is 0 Å². The molecule has 0 saturated carbocycles. The van der Waals surface area contributed by atoms with Crippen LogP contribution in [-0.2, 0) is 4.79 Å². The van der Waals surface area contributed by atoms with Gasteiger partial charge in [-0.3, -0.25) is 9.59 Å². The van der Waals surface area contributed by atoms with Crippen LogP contribution in [-0.4, -0.2) is 45.2 Å². The molecule has 0 aliphatic carbocycles. The van der Waals surface area contributed by atoms with Gasteiger partial charge in [0.25, 0.3) is 5.91 Å². The van der Waals surface area contributed by atoms with E-state index in [2.05, 4.69) is 4.98 Å². The van der Waals surface area contributed by atoms with Gasteiger partial charge in [0.2, 0.25) is 0 Å². The fourth-order valence-corrected chi connectivity index (χ4v) is 2.31. The molecule has 1 aliphatic heterocycles. The molecule has 0 unspecified atom stereocenters. The Morgan fingerprint density at radius 1 is 1.37 bits per heavy atom. The van der Waals surface area contributed by atoms with Crippen molar-refractivity contribution >= 4 is 17.7 Å². The van der Waals surface area contributed by atoms with Gasteiger partial charge in [-0.15, -0.1) is 0 Å². The molecule has 0 aromatic carbocycles. The third-order valence-corrected chi connectivity index (χ3v) is 3.37. The maximum absolute atomic E-state index is 12.3. The molecule has 6 heteroatoms. The molecule has 1 saturated heterocycles. The van der Waals surface area contributed by atoms with Crippen LogP contribution >= 0.6 is 0 Å². The Hall–Kier alpha value is -2.11. The number of piperidine rings is 1. The number of carboxylic acid groups (broad SMARTS) is 1. The van der Waals surface area contributed by atoms with Crippen molar-refractivity contribution in [1.82, 2.24) is 9.88 Å². The monoisotopic (exact) mass is 264 g/mol. The van der Waals surface area contributed by atoms with Gasteiger partial charge >= 0.3 is 5.97 Å². The van der Waals surface area contributed by atoms with Gasteiger partial charge in [0.15, 0.2) is 5.78 Å². The third kappa shape index (κ3) is 2.67. The topological polar surface area (TPSA) is 90.5 Å². The quantitative estimate of drug-likeness (QED) is 0.805. The van der Waals surface area contributed by atoms with Crippen LogP contribution in [0.5, 0.6) is 0 Å². The molecule has 1 fully saturated rings. The summed E-state index contributed by atoms with van der Waals surface area (Å²) in [6.45, 7) is 1.85. The number of amides is 1. The van der Waals surface area contributed by atoms with Crippen LogP contribution in [0.25, 0.3) is 0 Å². The van der Waals surface area contributed by atoms with Crippen molar-refractivity contribution in [2.24, 2.45) is 0 Å². The van der Waals surface area contributed by atoms with Crippen LogP contribution in [0.2, 0.25) is 0 Å². The Bertz CT molecular complexity index is 520. The van der Waals surface area contributed by atoms with Gasteiger partial charge in [0.05, 0.1) is 0 Å². The number of hydrogen-bond donors (Lipinski definition) is 2. The number of aromatic amines is 1. The second kappa shape index (κ2) is 5.26. The summed E-state index contributed by atoms with van der Waals surface area (Å²) in [5, 5.41) is 9.14. The minimum absolute atomic E-state index is 0.135. The first kappa shape index (κ1) is 13.3. The number of likely N-dealkylation sites (tertiary alicyclic amines) is 1. The molecule has 6 nitrogen and oxygen atoms in total. The number of Topliss-reactive ketones (excluding diaryl/α,β-unsaturated/α-hetero) is 1. The predicted octanol–water partition coefficient (Wildman–Crippen LogP) is 1.30. The molecule has 2 heterocycles. The molecule has 0 radical (unpaired) electrons. The maximum Gasteiger partial charge on any atom is 0.326 e. The van der Waals surface area contributed by atoms with Crippen LogP contribution in [0.3, 0.4) is 0 Å². The Morgan fingerprint density at radius 3 is 2.68 bits per heavy atom. The van der Waals surface area contributed by atoms with Gasteiger partial charge < -0.3 is 15.0 Å². The fourth-order valence-electron chi connectivity index (χ4n) is 2.31. The van der Waals surface area contributed by atoms with Gasteiger partial charge in [0, 0.05) is 18.3 Å². The minimum atomic E-state index is -0.980. The molecular weight excluding hydrogens is 248 g/mol. The summed E-state index contributed by atoms with van der Waals surface area (Å²) in [7, 11) is 0. The lowest BCUT2D eigenvalue weighted by atomic mass is 10.0. The van der Waals surface area contributed by atoms with Gasteiger partial charge in [-0.05, 0) is 32.3 Å². The molecule has 2 rings (SSSR count). The van der Waals surface area contributed by atoms with E-state index in [9.17, 15) is 14.4 Å². The van der Waals surface area contributed by atoms with Crippen molar-refractivity contribution in [1.29, 1.82) is 0 Å². The van der Waals surface area contributed by atoms with Crippen molar-refractivity contribution in [3.63, 3.8) is 0 Å². The Morgan fingerprint density at radius 2 is 2.11 bits per heavy atom. The molecule has 1 aliphatic rings. The lowest BCUT2D eigenvalue weighted by Crippen LogP contribution is -2.48. The summed E-state index contributed by atoms with van der Waals surface area (Å²) in [4.78, 5) is 38.7. The van der Waals surface area contributed by atoms with E-state index in [-0.39, 0.29) is 17.4 Å². The summed E-state index contributed by atoms with van der Waals surface area (Å²) in [6.07, 6.45) is 3.55. The number of carbonyl (C=O) groups is 3. The van der Waals surface area contributed by atoms with Crippen LogP contribution in [0.4, 0.5) is 0 Å². The first-order valence-corrected chi connectivity index (χ1v) is 6.24. The number of H-pyrrole nitrogens is 1. The van der Waals surface area contributed by atoms with Crippen LogP contribution < -0.4 is 0 Å². The Kier molecular flexibility index (Phi) is 3.69. The zero-order valence-electron chi connectivity index (χ0n) is 10.7. The lowest BCUT2D eigenvalue weighted by molar-refractivity contribution is -0.143. The molecular formula is C13H16N2O4. The number of carboxylic acids is 1. The minimum Gasteiger partial charge on any atom is -0.480 e. The predicted molar refractivity (Wildman–Crippen MR) is 67.1 cm³/mol. The number of hydrogen-bond acceptors (Lipinski definition) is 3. The number of aliphatic carboxylic acids is 1. The van der Waals surface area contributed by atoms with E-state index in [0.29, 0.717) is 18.5 Å². The van der Waals surface area contributed by atoms with Crippen molar-refractivity contribution in [2.75, 3.05) is 6.54 Å². The molecule has 1 amide bonds. The molecule has 19 heavy (non-hydrogen) atoms. The standard InChI is InChI=1S/C13H16N2O4/c1-8(16)9-6-10(14-7-9)12(17)15-5-3-2-4-11(15)13(18)19/h6-7,11,14H,2-5H2,1H3,(H,18,19)/t11-/m0/s1. The van der Waals surface area contributed by atoms with Crippen molar-refractivity contribution in [3.05, 3.63) is 23.5 Å². The molecule has 1 atom stereocenters. The van der Waals surface area contributed by atoms with Crippen LogP contribution in [0, 0.1) is 0 Å². The van der Waals surface area contributed by atoms with E-state index >= 15 is 0 Å². The summed E-state index contributed by atoms with van der Waals surface area (Å²) < 4.78 is 0. The molecule has 0 bridgehead atoms. The number of rotatable bonds is 3. The van der Waals surface area contributed by atoms with Crippen LogP contribution in [0.1, 0.15) is 47.0 Å². The first-order chi connectivity index (χ1) is 9.00. The largest absolute Gasteiger partial charge is 0.480 e. The number of nitrogens with zero attached hydrogens (tertiary/aromatic N) is 1. The van der Waals surface area contributed by atoms with Gasteiger partial charge in [-0.25, -0.2) is 4.79 Å². The van der Waals surface area contributed by atoms with E-state index in [0.717, 1.165) is 12.8 Å². The zero-order chi connectivity index (χ0) is 14.0. The van der Waals surface area contributed by atoms with E-state index in [4.69, 9.17) is 5.11 Å². The van der Waals surface area contributed by atoms with Crippen molar-refractivity contribution < 1.29 is 19.5 Å². The highest BCUT2D eigenvalue weighted by Gasteiger charge is 2.33.